The Morgan fingerprint density at radius 3 is 2.25 bits per heavy atom. The molecule has 0 aromatic heterocycles. The van der Waals surface area contributed by atoms with Crippen LogP contribution in [0.5, 0.6) is 0 Å². The number of fused-ring (bicyclic) bond motifs is 2. The van der Waals surface area contributed by atoms with Gasteiger partial charge in [0.15, 0.2) is 12.6 Å². The fourth-order valence-corrected chi connectivity index (χ4v) is 11.3. The van der Waals surface area contributed by atoms with Crippen LogP contribution in [-0.2, 0) is 52.2 Å². The van der Waals surface area contributed by atoms with Crippen LogP contribution in [0.25, 0.3) is 0 Å². The van der Waals surface area contributed by atoms with Crippen molar-refractivity contribution < 1.29 is 67.5 Å². The molecule has 6 heterocycles. The van der Waals surface area contributed by atoms with Gasteiger partial charge in [0.05, 0.1) is 62.5 Å². The standard InChI is InChI=1S/C39H58O13.C12H20O/c1-20-9-8-10-25-19-47-37-33(40)22(3)15-28(39(25,37)43)38(42)50-27-13-14-46-26(16-27)12-11-21(2)35(20)51-32-18-30(45-7)36(24(5)49-32)52-31-17-29(44-6)34(41)23(4)48-31;1-10-6-5-9-13-12(10)11-7-3-2-4-8-11/h8-11,15,20,23-24,26-37,40-41,43H,12-14,16-19H2,1-7H3;5-6,10-12H,2-4,7-9H2,1H3/b9-8+,21-11+,25-10+;/t20-,23-,24-,26+,27+,28-,29-,30-,31?,32-,33+,34-,35?,36-,37+,39?;10-,12-/m00/s1. The van der Waals surface area contributed by atoms with Gasteiger partial charge in [0.1, 0.15) is 42.0 Å². The summed E-state index contributed by atoms with van der Waals surface area (Å²) in [5.74, 6) is -0.225. The van der Waals surface area contributed by atoms with Gasteiger partial charge in [0.2, 0.25) is 0 Å². The lowest BCUT2D eigenvalue weighted by Crippen LogP contribution is -2.57. The molecule has 5 fully saturated rings. The Bertz CT molecular complexity index is 1720. The van der Waals surface area contributed by atoms with Crippen LogP contribution < -0.4 is 0 Å². The van der Waals surface area contributed by atoms with Gasteiger partial charge in [-0.1, -0.05) is 75.6 Å². The third kappa shape index (κ3) is 11.8. The van der Waals surface area contributed by atoms with E-state index in [2.05, 4.69) is 32.1 Å². The molecule has 0 aromatic rings. The molecule has 8 rings (SSSR count). The molecule has 0 aromatic carbocycles. The summed E-state index contributed by atoms with van der Waals surface area (Å²) >= 11 is 0. The molecule has 0 amide bonds. The van der Waals surface area contributed by atoms with Crippen molar-refractivity contribution in [2.75, 3.05) is 34.0 Å². The Hall–Kier alpha value is -2.31. The van der Waals surface area contributed by atoms with Gasteiger partial charge < -0.3 is 62.7 Å². The normalized spacial score (nSPS) is 46.2. The van der Waals surface area contributed by atoms with E-state index in [1.54, 1.807) is 40.2 Å². The van der Waals surface area contributed by atoms with Gasteiger partial charge in [-0.25, -0.2) is 0 Å². The van der Waals surface area contributed by atoms with Crippen LogP contribution in [0.2, 0.25) is 0 Å². The maximum Gasteiger partial charge on any atom is 0.316 e. The van der Waals surface area contributed by atoms with Crippen LogP contribution in [0.4, 0.5) is 0 Å². The number of rotatable bonds is 7. The fraction of sp³-hybridized carbons (Fsp3) is 0.784. The van der Waals surface area contributed by atoms with Gasteiger partial charge in [0.25, 0.3) is 0 Å². The molecular weight excluding hydrogens is 837 g/mol. The van der Waals surface area contributed by atoms with E-state index >= 15 is 0 Å². The van der Waals surface area contributed by atoms with E-state index in [-0.39, 0.29) is 36.9 Å². The average Bonchev–Trinajstić information content (AvgIpc) is 3.64. The third-order valence-electron chi connectivity index (χ3n) is 15.2. The lowest BCUT2D eigenvalue weighted by molar-refractivity contribution is -0.318. The van der Waals surface area contributed by atoms with Crippen molar-refractivity contribution in [3.05, 3.63) is 59.3 Å². The number of allylic oxidation sites excluding steroid dienone is 2. The molecule has 8 aliphatic rings. The molecule has 14 nitrogen and oxygen atoms in total. The molecule has 18 atom stereocenters. The summed E-state index contributed by atoms with van der Waals surface area (Å²) in [7, 11) is 3.21. The van der Waals surface area contributed by atoms with Crippen molar-refractivity contribution in [3.63, 3.8) is 0 Å². The Morgan fingerprint density at radius 2 is 1.51 bits per heavy atom. The van der Waals surface area contributed by atoms with Crippen molar-refractivity contribution in [1.82, 2.24) is 0 Å². The van der Waals surface area contributed by atoms with Gasteiger partial charge in [0, 0.05) is 51.7 Å². The Morgan fingerprint density at radius 1 is 0.785 bits per heavy atom. The smallest absolute Gasteiger partial charge is 0.316 e. The van der Waals surface area contributed by atoms with E-state index < -0.39 is 72.8 Å². The summed E-state index contributed by atoms with van der Waals surface area (Å²) < 4.78 is 60.9. The van der Waals surface area contributed by atoms with Crippen LogP contribution >= 0.6 is 0 Å². The van der Waals surface area contributed by atoms with Gasteiger partial charge in [-0.3, -0.25) is 4.79 Å². The first-order chi connectivity index (χ1) is 31.2. The zero-order chi connectivity index (χ0) is 46.4. The minimum Gasteiger partial charge on any atom is -0.462 e. The number of aliphatic hydroxyl groups is 3. The van der Waals surface area contributed by atoms with Crippen LogP contribution in [-0.4, -0.2) is 147 Å². The molecule has 6 aliphatic heterocycles. The highest BCUT2D eigenvalue weighted by Crippen LogP contribution is 2.46. The fourth-order valence-electron chi connectivity index (χ4n) is 11.3. The number of methoxy groups -OCH3 is 2. The van der Waals surface area contributed by atoms with E-state index in [1.807, 2.05) is 26.0 Å². The summed E-state index contributed by atoms with van der Waals surface area (Å²) in [5, 5.41) is 33.5. The molecule has 366 valence electrons. The van der Waals surface area contributed by atoms with Crippen molar-refractivity contribution in [2.24, 2.45) is 23.7 Å². The van der Waals surface area contributed by atoms with E-state index in [9.17, 15) is 20.1 Å². The number of esters is 1. The van der Waals surface area contributed by atoms with Gasteiger partial charge in [-0.05, 0) is 69.6 Å². The minimum absolute atomic E-state index is 0.0625. The molecule has 14 heteroatoms. The predicted molar refractivity (Wildman–Crippen MR) is 241 cm³/mol. The zero-order valence-electron chi connectivity index (χ0n) is 40.0. The highest BCUT2D eigenvalue weighted by atomic mass is 16.7. The van der Waals surface area contributed by atoms with Crippen LogP contribution in [0.3, 0.4) is 0 Å². The van der Waals surface area contributed by atoms with Gasteiger partial charge in [-0.2, -0.15) is 0 Å². The summed E-state index contributed by atoms with van der Waals surface area (Å²) in [6.45, 7) is 13.2. The maximum absolute atomic E-state index is 13.7. The molecule has 65 heavy (non-hydrogen) atoms. The first-order valence-electron chi connectivity index (χ1n) is 24.4. The highest BCUT2D eigenvalue weighted by molar-refractivity contribution is 5.78. The van der Waals surface area contributed by atoms with E-state index in [0.717, 1.165) is 18.1 Å². The highest BCUT2D eigenvalue weighted by Gasteiger charge is 2.59. The topological polar surface area (TPSA) is 170 Å². The molecule has 2 bridgehead atoms. The van der Waals surface area contributed by atoms with Gasteiger partial charge >= 0.3 is 5.97 Å². The number of hydrogen-bond donors (Lipinski definition) is 3. The van der Waals surface area contributed by atoms with Crippen LogP contribution in [0.15, 0.2) is 59.3 Å². The number of carbonyl (C=O) groups excluding carboxylic acids is 1. The van der Waals surface area contributed by atoms with Crippen LogP contribution in [0, 0.1) is 23.7 Å². The molecule has 2 aliphatic carbocycles. The summed E-state index contributed by atoms with van der Waals surface area (Å²) in [6.07, 6.45) is 16.9. The molecule has 0 radical (unpaired) electrons. The van der Waals surface area contributed by atoms with E-state index in [4.69, 9.17) is 47.4 Å². The second-order valence-electron chi connectivity index (χ2n) is 19.8. The van der Waals surface area contributed by atoms with Gasteiger partial charge in [-0.15, -0.1) is 0 Å². The average molecular weight is 915 g/mol. The number of hydrogen-bond acceptors (Lipinski definition) is 14. The van der Waals surface area contributed by atoms with Crippen molar-refractivity contribution in [3.8, 4) is 0 Å². The first-order valence-corrected chi connectivity index (χ1v) is 24.4. The number of carbonyl (C=O) groups is 1. The monoisotopic (exact) mass is 915 g/mol. The second-order valence-corrected chi connectivity index (χ2v) is 19.8. The van der Waals surface area contributed by atoms with Crippen LogP contribution in [0.1, 0.15) is 106 Å². The third-order valence-corrected chi connectivity index (χ3v) is 15.2. The molecule has 3 unspecified atom stereocenters. The minimum atomic E-state index is -1.76. The molecular formula is C51H78O14. The summed E-state index contributed by atoms with van der Waals surface area (Å²) in [5.41, 5.74) is 0.289. The second kappa shape index (κ2) is 22.9. The summed E-state index contributed by atoms with van der Waals surface area (Å²) in [6, 6.07) is 0. The van der Waals surface area contributed by atoms with Crippen molar-refractivity contribution in [2.45, 2.75) is 197 Å². The molecule has 1 saturated carbocycles. The summed E-state index contributed by atoms with van der Waals surface area (Å²) in [4.78, 5) is 13.7. The SMILES string of the molecule is CO[C@H]1CC(O[C@H]2[C@H](C)O[C@@H](OC3/C(C)=C/C[C@@H]4C[C@@H](CCO4)OC(=O)[C@@H]4C=C(C)[C@@H](O)[C@H]5OC/C(=C\C=C\[C@@H]3C)C54O)C[C@@H]2OC)O[C@@H](C)[C@@H]1O.C[C@H]1C=CCO[C@@H]1C1CCCCC1. The van der Waals surface area contributed by atoms with Crippen molar-refractivity contribution in [1.29, 1.82) is 0 Å². The van der Waals surface area contributed by atoms with Crippen molar-refractivity contribution >= 4 is 5.97 Å². The number of ether oxygens (including phenoxy) is 10. The number of aliphatic hydroxyl groups excluding tert-OH is 2. The predicted octanol–water partition coefficient (Wildman–Crippen LogP) is 6.20. The largest absolute Gasteiger partial charge is 0.462 e. The molecule has 0 spiro atoms. The molecule has 4 saturated heterocycles. The Balaban J connectivity index is 0.000000413. The maximum atomic E-state index is 13.7. The quantitative estimate of drug-likeness (QED) is 0.195. The Labute approximate surface area is 386 Å². The zero-order valence-corrected chi connectivity index (χ0v) is 40.0. The first kappa shape index (κ1) is 50.6. The lowest BCUT2D eigenvalue weighted by Gasteiger charge is -2.44. The van der Waals surface area contributed by atoms with E-state index in [1.165, 1.54) is 32.1 Å². The Kier molecular flexibility index (Phi) is 17.8. The molecule has 3 N–H and O–H groups in total. The lowest BCUT2D eigenvalue weighted by atomic mass is 9.71. The van der Waals surface area contributed by atoms with E-state index in [0.29, 0.717) is 61.9 Å².